The van der Waals surface area contributed by atoms with Crippen molar-refractivity contribution in [3.63, 3.8) is 0 Å². The molecule has 1 fully saturated rings. The van der Waals surface area contributed by atoms with E-state index in [1.54, 1.807) is 28.6 Å². The summed E-state index contributed by atoms with van der Waals surface area (Å²) in [6, 6.07) is 8.74. The first-order valence-electron chi connectivity index (χ1n) is 7.19. The van der Waals surface area contributed by atoms with Crippen LogP contribution in [0.1, 0.15) is 41.0 Å². The minimum absolute atomic E-state index is 0.0624. The molecule has 0 aliphatic carbocycles. The smallest absolute Gasteiger partial charge is 0.207 e. The van der Waals surface area contributed by atoms with Gasteiger partial charge < -0.3 is 0 Å². The molecule has 1 aromatic rings. The van der Waals surface area contributed by atoms with Crippen LogP contribution in [-0.2, 0) is 10.0 Å². The highest BCUT2D eigenvalue weighted by molar-refractivity contribution is 7.89. The molecular formula is C16H25NO2S. The van der Waals surface area contributed by atoms with Gasteiger partial charge in [-0.2, -0.15) is 4.31 Å². The van der Waals surface area contributed by atoms with Crippen LogP contribution in [0.4, 0.5) is 0 Å². The summed E-state index contributed by atoms with van der Waals surface area (Å²) >= 11 is 0. The summed E-state index contributed by atoms with van der Waals surface area (Å²) < 4.78 is 27.5. The number of piperidine rings is 1. The summed E-state index contributed by atoms with van der Waals surface area (Å²) in [5, 5.41) is 0. The van der Waals surface area contributed by atoms with E-state index in [-0.39, 0.29) is 5.41 Å². The first-order valence-corrected chi connectivity index (χ1v) is 8.63. The normalized spacial score (nSPS) is 26.4. The molecule has 1 aliphatic heterocycles. The van der Waals surface area contributed by atoms with Gasteiger partial charge in [-0.1, -0.05) is 39.0 Å². The maximum atomic E-state index is 12.9. The molecule has 1 saturated heterocycles. The first kappa shape index (κ1) is 15.5. The molecule has 1 aromatic carbocycles. The molecule has 2 rings (SSSR count). The Morgan fingerprint density at radius 3 is 2.20 bits per heavy atom. The summed E-state index contributed by atoms with van der Waals surface area (Å²) in [6.07, 6.45) is 0.905. The summed E-state index contributed by atoms with van der Waals surface area (Å²) in [6.45, 7) is 11.2. The van der Waals surface area contributed by atoms with E-state index >= 15 is 0 Å². The molecule has 0 radical (unpaired) electrons. The van der Waals surface area contributed by atoms with Crippen molar-refractivity contribution < 1.29 is 8.42 Å². The van der Waals surface area contributed by atoms with E-state index in [0.717, 1.165) is 6.42 Å². The maximum absolute atomic E-state index is 12.9. The number of hydrogen-bond acceptors (Lipinski definition) is 2. The Hall–Kier alpha value is -0.870. The van der Waals surface area contributed by atoms with E-state index in [4.69, 9.17) is 0 Å². The molecule has 3 nitrogen and oxygen atoms in total. The van der Waals surface area contributed by atoms with Crippen molar-refractivity contribution >= 4 is 10.0 Å². The van der Waals surface area contributed by atoms with Crippen LogP contribution in [0, 0.1) is 11.3 Å². The molecule has 1 aliphatic rings. The summed E-state index contributed by atoms with van der Waals surface area (Å²) in [5.74, 6) is 0.500. The quantitative estimate of drug-likeness (QED) is 0.837. The van der Waals surface area contributed by atoms with Gasteiger partial charge >= 0.3 is 0 Å². The fourth-order valence-corrected chi connectivity index (χ4v) is 4.95. The Labute approximate surface area is 123 Å². The Morgan fingerprint density at radius 1 is 1.10 bits per heavy atom. The van der Waals surface area contributed by atoms with E-state index in [2.05, 4.69) is 20.8 Å². The minimum atomic E-state index is -3.43. The Kier molecular flexibility index (Phi) is 3.76. The van der Waals surface area contributed by atoms with Crippen LogP contribution in [-0.4, -0.2) is 24.8 Å². The second-order valence-corrected chi connectivity index (χ2v) is 8.72. The molecule has 0 saturated carbocycles. The van der Waals surface area contributed by atoms with E-state index in [1.165, 1.54) is 0 Å². The van der Waals surface area contributed by atoms with Gasteiger partial charge in [0.05, 0.1) is 4.90 Å². The zero-order valence-corrected chi connectivity index (χ0v) is 13.9. The molecule has 1 unspecified atom stereocenters. The second-order valence-electron chi connectivity index (χ2n) is 6.86. The molecule has 0 N–H and O–H groups in total. The lowest BCUT2D eigenvalue weighted by Gasteiger charge is -2.55. The van der Waals surface area contributed by atoms with Gasteiger partial charge in [0.25, 0.3) is 0 Å². The number of hydrogen-bond donors (Lipinski definition) is 0. The van der Waals surface area contributed by atoms with E-state index in [9.17, 15) is 8.42 Å². The highest BCUT2D eigenvalue weighted by Crippen LogP contribution is 2.48. The lowest BCUT2D eigenvalue weighted by atomic mass is 9.63. The third-order valence-electron chi connectivity index (χ3n) is 5.53. The maximum Gasteiger partial charge on any atom is 0.243 e. The van der Waals surface area contributed by atoms with Crippen molar-refractivity contribution in [2.45, 2.75) is 51.5 Å². The zero-order chi connectivity index (χ0) is 15.2. The van der Waals surface area contributed by atoms with Crippen LogP contribution >= 0.6 is 0 Å². The Morgan fingerprint density at radius 2 is 1.65 bits per heavy atom. The molecule has 20 heavy (non-hydrogen) atoms. The van der Waals surface area contributed by atoms with Crippen LogP contribution < -0.4 is 0 Å². The molecule has 0 amide bonds. The average Bonchev–Trinajstić information content (AvgIpc) is 2.37. The summed E-state index contributed by atoms with van der Waals surface area (Å²) in [5.41, 5.74) is -0.466. The van der Waals surface area contributed by atoms with Gasteiger partial charge in [-0.05, 0) is 43.7 Å². The Bertz CT molecular complexity index is 576. The summed E-state index contributed by atoms with van der Waals surface area (Å²) in [7, 11) is -3.43. The third kappa shape index (κ3) is 2.19. The fourth-order valence-electron chi connectivity index (χ4n) is 3.02. The molecule has 1 heterocycles. The van der Waals surface area contributed by atoms with E-state index in [0.29, 0.717) is 17.4 Å². The number of rotatable bonds is 2. The monoisotopic (exact) mass is 295 g/mol. The van der Waals surface area contributed by atoms with Crippen LogP contribution in [0.15, 0.2) is 35.2 Å². The van der Waals surface area contributed by atoms with Crippen molar-refractivity contribution in [1.29, 1.82) is 0 Å². The number of nitrogens with zero attached hydrogens (tertiary/aromatic N) is 1. The second kappa shape index (κ2) is 4.85. The topological polar surface area (TPSA) is 37.4 Å². The molecule has 1 atom stereocenters. The highest BCUT2D eigenvalue weighted by atomic mass is 32.2. The Balaban J connectivity index is 2.48. The predicted octanol–water partition coefficient (Wildman–Crippen LogP) is 3.52. The minimum Gasteiger partial charge on any atom is -0.207 e. The molecular weight excluding hydrogens is 270 g/mol. The van der Waals surface area contributed by atoms with Crippen LogP contribution in [0.2, 0.25) is 0 Å². The zero-order valence-electron chi connectivity index (χ0n) is 13.1. The van der Waals surface area contributed by atoms with Crippen molar-refractivity contribution in [3.8, 4) is 0 Å². The van der Waals surface area contributed by atoms with Gasteiger partial charge in [-0.15, -0.1) is 0 Å². The van der Waals surface area contributed by atoms with Gasteiger partial charge in [0.2, 0.25) is 10.0 Å². The van der Waals surface area contributed by atoms with Crippen molar-refractivity contribution in [3.05, 3.63) is 30.3 Å². The standard InChI is InChI=1S/C16H25NO2S/c1-13-11-12-17(16(4,5)15(13,2)3)20(18,19)14-9-7-6-8-10-14/h6-10,13H,11-12H2,1-5H3. The van der Waals surface area contributed by atoms with Gasteiger partial charge in [-0.3, -0.25) is 0 Å². The SMILES string of the molecule is CC1CCN(S(=O)(=O)c2ccccc2)C(C)(C)C1(C)C. The molecule has 0 spiro atoms. The van der Waals surface area contributed by atoms with Crippen LogP contribution in [0.3, 0.4) is 0 Å². The highest BCUT2D eigenvalue weighted by Gasteiger charge is 2.52. The summed E-state index contributed by atoms with van der Waals surface area (Å²) in [4.78, 5) is 0.387. The lowest BCUT2D eigenvalue weighted by molar-refractivity contribution is -0.0168. The number of sulfonamides is 1. The van der Waals surface area contributed by atoms with Crippen molar-refractivity contribution in [1.82, 2.24) is 4.31 Å². The van der Waals surface area contributed by atoms with E-state index in [1.807, 2.05) is 19.9 Å². The molecule has 0 bridgehead atoms. The lowest BCUT2D eigenvalue weighted by Crippen LogP contribution is -2.62. The fraction of sp³-hybridized carbons (Fsp3) is 0.625. The predicted molar refractivity (Wildman–Crippen MR) is 82.0 cm³/mol. The first-order chi connectivity index (χ1) is 9.12. The number of benzene rings is 1. The van der Waals surface area contributed by atoms with Crippen LogP contribution in [0.5, 0.6) is 0 Å². The molecule has 0 aromatic heterocycles. The van der Waals surface area contributed by atoms with Gasteiger partial charge in [0.15, 0.2) is 0 Å². The van der Waals surface area contributed by atoms with Gasteiger partial charge in [0.1, 0.15) is 0 Å². The van der Waals surface area contributed by atoms with Crippen molar-refractivity contribution in [2.24, 2.45) is 11.3 Å². The van der Waals surface area contributed by atoms with Gasteiger partial charge in [0, 0.05) is 12.1 Å². The third-order valence-corrected chi connectivity index (χ3v) is 7.62. The van der Waals surface area contributed by atoms with Crippen molar-refractivity contribution in [2.75, 3.05) is 6.54 Å². The van der Waals surface area contributed by atoms with Crippen LogP contribution in [0.25, 0.3) is 0 Å². The molecule has 4 heteroatoms. The average molecular weight is 295 g/mol. The molecule has 112 valence electrons. The van der Waals surface area contributed by atoms with Gasteiger partial charge in [-0.25, -0.2) is 8.42 Å². The van der Waals surface area contributed by atoms with E-state index < -0.39 is 15.6 Å². The largest absolute Gasteiger partial charge is 0.243 e.